The van der Waals surface area contributed by atoms with Gasteiger partial charge in [-0.05, 0) is 48.5 Å². The molecule has 0 aromatic heterocycles. The fourth-order valence-electron chi connectivity index (χ4n) is 1.11. The van der Waals surface area contributed by atoms with Gasteiger partial charge in [-0.3, -0.25) is 0 Å². The molecule has 0 unspecified atom stereocenters. The summed E-state index contributed by atoms with van der Waals surface area (Å²) in [6.45, 7) is 0. The molecule has 0 radical (unpaired) electrons. The first-order chi connectivity index (χ1) is 11.2. The Balaban J connectivity index is 0. The Morgan fingerprint density at radius 1 is 0.538 bits per heavy atom. The van der Waals surface area contributed by atoms with Gasteiger partial charge in [0.2, 0.25) is 24.0 Å². The predicted octanol–water partition coefficient (Wildman–Crippen LogP) is 0.190. The van der Waals surface area contributed by atoms with E-state index in [0.29, 0.717) is 0 Å². The Bertz CT molecular complexity index is 554. The van der Waals surface area contributed by atoms with E-state index in [1.165, 1.54) is 7.14 Å². The van der Waals surface area contributed by atoms with Crippen molar-refractivity contribution >= 4 is 37.7 Å². The van der Waals surface area contributed by atoms with Crippen molar-refractivity contribution < 1.29 is 79.7 Å². The van der Waals surface area contributed by atoms with Crippen LogP contribution in [0.2, 0.25) is 10.0 Å². The molecule has 148 valence electrons. The van der Waals surface area contributed by atoms with Gasteiger partial charge in [0.15, 0.2) is 7.14 Å². The molecule has 0 amide bonds. The topological polar surface area (TPSA) is 0 Å². The summed E-state index contributed by atoms with van der Waals surface area (Å²) in [4.78, 5) is 0. The maximum absolute atomic E-state index is 9.75. The van der Waals surface area contributed by atoms with E-state index in [-0.39, 0.29) is 45.2 Å². The summed E-state index contributed by atoms with van der Waals surface area (Å²) in [6.07, 6.45) is 0. The molecular weight excluding hydrogens is 642 g/mol. The minimum absolute atomic E-state index is 0. The molecule has 0 saturated carbocycles. The van der Waals surface area contributed by atoms with Crippen molar-refractivity contribution in [2.75, 3.05) is 0 Å². The van der Waals surface area contributed by atoms with Crippen LogP contribution in [0, 0.1) is 7.14 Å². The lowest BCUT2D eigenvalue weighted by molar-refractivity contribution is -0.597. The first kappa shape index (κ1) is 28.3. The molecule has 26 heavy (non-hydrogen) atoms. The van der Waals surface area contributed by atoms with Crippen molar-refractivity contribution in [3.8, 4) is 0 Å². The standard InChI is InChI=1S/C12H8Cl2I.2BF4.H2I/c13-9-1-5-11(6-2-9)15-12-7-3-10(14)4-8-12;2*2-1(3,4)5;/h1-8H;;;1H2/q+1;2*-1;+1. The van der Waals surface area contributed by atoms with Crippen molar-refractivity contribution in [2.24, 2.45) is 0 Å². The Morgan fingerprint density at radius 3 is 0.923 bits per heavy atom. The van der Waals surface area contributed by atoms with Gasteiger partial charge in [-0.1, -0.05) is 23.2 Å². The zero-order valence-electron chi connectivity index (χ0n) is 12.4. The van der Waals surface area contributed by atoms with E-state index in [4.69, 9.17) is 23.2 Å². The third kappa shape index (κ3) is 22.1. The van der Waals surface area contributed by atoms with E-state index in [1.54, 1.807) is 0 Å². The van der Waals surface area contributed by atoms with Crippen LogP contribution in [0.3, 0.4) is 0 Å². The molecule has 0 heterocycles. The number of hydrogen-bond donors (Lipinski definition) is 0. The smallest absolute Gasteiger partial charge is 0.418 e. The van der Waals surface area contributed by atoms with E-state index in [0.717, 1.165) is 10.0 Å². The largest absolute Gasteiger partial charge is 0.673 e. The fraction of sp³-hybridized carbons (Fsp3) is 0. The van der Waals surface area contributed by atoms with Gasteiger partial charge in [0.05, 0.1) is 0 Å². The molecule has 0 saturated heterocycles. The molecule has 2 rings (SSSR count). The Kier molecular flexibility index (Phi) is 14.4. The van der Waals surface area contributed by atoms with Crippen LogP contribution in [0.1, 0.15) is 0 Å². The Hall–Kier alpha value is 0.0499. The van der Waals surface area contributed by atoms with Gasteiger partial charge in [-0.15, -0.1) is 0 Å². The molecule has 0 aliphatic heterocycles. The molecule has 0 aliphatic rings. The number of benzene rings is 2. The third-order valence-corrected chi connectivity index (χ3v) is 5.01. The first-order valence-electron chi connectivity index (χ1n) is 6.14. The molecule has 14 heteroatoms. The second-order valence-corrected chi connectivity index (χ2v) is 7.86. The van der Waals surface area contributed by atoms with Crippen LogP contribution in [0.15, 0.2) is 48.5 Å². The highest BCUT2D eigenvalue weighted by atomic mass is 127. The second-order valence-electron chi connectivity index (χ2n) is 3.96. The summed E-state index contributed by atoms with van der Waals surface area (Å²) < 4.78 is 80.7. The second kappa shape index (κ2) is 13.3. The quantitative estimate of drug-likeness (QED) is 0.247. The van der Waals surface area contributed by atoms with Gasteiger partial charge in [-0.2, -0.15) is 0 Å². The summed E-state index contributed by atoms with van der Waals surface area (Å²) in [7, 11) is -12.0. The monoisotopic (exact) mass is 652 g/mol. The predicted molar refractivity (Wildman–Crippen MR) is 83.5 cm³/mol. The van der Waals surface area contributed by atoms with Crippen molar-refractivity contribution in [1.82, 2.24) is 0 Å². The van der Waals surface area contributed by atoms with Crippen LogP contribution >= 0.6 is 23.2 Å². The first-order valence-corrected chi connectivity index (χ1v) is 9.06. The molecule has 0 atom stereocenters. The lowest BCUT2D eigenvalue weighted by atomic mass is 10.3. The normalized spacial score (nSPS) is 10.5. The van der Waals surface area contributed by atoms with Crippen molar-refractivity contribution in [1.29, 1.82) is 0 Å². The molecule has 0 nitrogen and oxygen atoms in total. The molecular formula is C12H10B2Cl2F8I2. The highest BCUT2D eigenvalue weighted by Crippen LogP contribution is 2.07. The summed E-state index contributed by atoms with van der Waals surface area (Å²) in [6, 6.07) is 16.1. The van der Waals surface area contributed by atoms with Gasteiger partial charge in [0, 0.05) is 10.0 Å². The van der Waals surface area contributed by atoms with Crippen LogP contribution in [0.25, 0.3) is 0 Å². The van der Waals surface area contributed by atoms with E-state index in [1.807, 2.05) is 24.3 Å². The SMILES string of the molecule is Clc1ccc([I+]c2ccc(Cl)cc2)cc1.F[B-](F)(F)F.F[B-](F)(F)F.[IH2+]. The van der Waals surface area contributed by atoms with Crippen LogP contribution in [0.4, 0.5) is 34.5 Å². The van der Waals surface area contributed by atoms with Crippen molar-refractivity contribution in [3.05, 3.63) is 65.7 Å². The summed E-state index contributed by atoms with van der Waals surface area (Å²) in [5, 5.41) is 1.58. The molecule has 2 aromatic carbocycles. The van der Waals surface area contributed by atoms with E-state index in [2.05, 4.69) is 24.3 Å². The summed E-state index contributed by atoms with van der Waals surface area (Å²) in [5.41, 5.74) is 0. The Morgan fingerprint density at radius 2 is 0.731 bits per heavy atom. The highest BCUT2D eigenvalue weighted by molar-refractivity contribution is 6.50. The van der Waals surface area contributed by atoms with Crippen LogP contribution in [-0.2, 0) is 0 Å². The molecule has 0 spiro atoms. The lowest BCUT2D eigenvalue weighted by Gasteiger charge is -1.94. The minimum Gasteiger partial charge on any atom is -0.418 e. The zero-order chi connectivity index (χ0) is 19.7. The van der Waals surface area contributed by atoms with Crippen LogP contribution in [-0.4, -0.2) is 14.5 Å². The summed E-state index contributed by atoms with van der Waals surface area (Å²) in [5.74, 6) is 0. The average molecular weight is 653 g/mol. The van der Waals surface area contributed by atoms with Gasteiger partial charge < -0.3 is 34.5 Å². The van der Waals surface area contributed by atoms with Crippen LogP contribution in [0.5, 0.6) is 0 Å². The van der Waals surface area contributed by atoms with E-state index < -0.39 is 14.5 Å². The van der Waals surface area contributed by atoms with E-state index >= 15 is 0 Å². The van der Waals surface area contributed by atoms with Crippen molar-refractivity contribution in [3.63, 3.8) is 0 Å². The van der Waals surface area contributed by atoms with Gasteiger partial charge in [0.1, 0.15) is 0 Å². The van der Waals surface area contributed by atoms with E-state index in [9.17, 15) is 34.5 Å². The third-order valence-electron chi connectivity index (χ3n) is 1.83. The number of halogens is 12. The van der Waals surface area contributed by atoms with Crippen molar-refractivity contribution in [2.45, 2.75) is 0 Å². The Labute approximate surface area is 182 Å². The number of rotatable bonds is 2. The lowest BCUT2D eigenvalue weighted by Crippen LogP contribution is -3.61. The molecule has 0 bridgehead atoms. The van der Waals surface area contributed by atoms with Gasteiger partial charge in [-0.25, -0.2) is 0 Å². The molecule has 0 aliphatic carbocycles. The van der Waals surface area contributed by atoms with Gasteiger partial charge in [0.25, 0.3) is 0 Å². The average Bonchev–Trinajstić information content (AvgIpc) is 2.40. The highest BCUT2D eigenvalue weighted by Gasteiger charge is 2.21. The maximum Gasteiger partial charge on any atom is 0.673 e. The maximum atomic E-state index is 9.75. The minimum atomic E-state index is -6.00. The number of hydrogen-bond acceptors (Lipinski definition) is 0. The molecule has 0 fully saturated rings. The molecule has 0 N–H and O–H groups in total. The van der Waals surface area contributed by atoms with Gasteiger partial charge >= 0.3 is 35.7 Å². The summed E-state index contributed by atoms with van der Waals surface area (Å²) >= 11 is 11.5. The zero-order valence-corrected chi connectivity index (χ0v) is 18.6. The molecule has 2 aromatic rings. The fourth-order valence-corrected chi connectivity index (χ4v) is 3.52. The van der Waals surface area contributed by atoms with Crippen LogP contribution < -0.4 is 45.2 Å².